The zero-order valence-electron chi connectivity index (χ0n) is 25.6. The van der Waals surface area contributed by atoms with E-state index in [-0.39, 0.29) is 36.2 Å². The van der Waals surface area contributed by atoms with Crippen molar-refractivity contribution in [3.63, 3.8) is 0 Å². The Morgan fingerprint density at radius 2 is 1.64 bits per heavy atom. The maximum Gasteiger partial charge on any atom is 0.404 e. The van der Waals surface area contributed by atoms with Crippen molar-refractivity contribution in [2.24, 2.45) is 10.9 Å². The molecule has 0 aliphatic rings. The van der Waals surface area contributed by atoms with Crippen molar-refractivity contribution in [3.8, 4) is 5.88 Å². The molecule has 1 aromatic heterocycles. The second-order valence-corrected chi connectivity index (χ2v) is 13.5. The average molecular weight is 635 g/mol. The number of aromatic hydroxyl groups is 1. The molecule has 4 aromatic rings. The highest BCUT2D eigenvalue weighted by atomic mass is 32.2. The number of aliphatic hydroxyl groups excluding tert-OH is 1. The van der Waals surface area contributed by atoms with Gasteiger partial charge in [0.1, 0.15) is 0 Å². The third kappa shape index (κ3) is 9.40. The van der Waals surface area contributed by atoms with Crippen LogP contribution in [-0.4, -0.2) is 77.1 Å². The number of aliphatic imine (C=N–C) groups is 1. The number of carboxylic acid groups (broad SMARTS) is 1. The summed E-state index contributed by atoms with van der Waals surface area (Å²) in [6.07, 6.45) is 1.91. The standard InChI is InChI=1S/C34H42N4O6S/c1-24(2)22-38(23-32(39)31(37-34(41)42)19-26-14-7-4-8-15-26)45(43,44)27-16-17-30-28(20-27)29(33(40)36-30)21-35-18-10-9-13-25-11-5-3-6-12-25/h3-8,11-12,14-17,20-21,24,31-32,36-37,39-40H,9-10,13,18-19,22-23H2,1-2H3,(H,41,42). The average Bonchev–Trinajstić information content (AvgIpc) is 3.32. The number of aromatic amines is 1. The van der Waals surface area contributed by atoms with Crippen molar-refractivity contribution in [2.45, 2.75) is 56.6 Å². The number of nitrogens with one attached hydrogen (secondary N) is 2. The molecular formula is C34H42N4O6S. The van der Waals surface area contributed by atoms with E-state index in [4.69, 9.17) is 0 Å². The lowest BCUT2D eigenvalue weighted by atomic mass is 10.0. The monoisotopic (exact) mass is 634 g/mol. The van der Waals surface area contributed by atoms with Gasteiger partial charge in [-0.1, -0.05) is 74.5 Å². The molecule has 0 aliphatic heterocycles. The number of sulfonamides is 1. The number of nitrogens with zero attached hydrogens (tertiary/aromatic N) is 2. The Hall–Kier alpha value is -4.19. The van der Waals surface area contributed by atoms with Crippen LogP contribution in [0.1, 0.15) is 43.4 Å². The fraction of sp³-hybridized carbons (Fsp3) is 0.353. The zero-order valence-corrected chi connectivity index (χ0v) is 26.5. The first-order valence-corrected chi connectivity index (χ1v) is 16.6. The molecule has 0 aliphatic carbocycles. The summed E-state index contributed by atoms with van der Waals surface area (Å²) in [5.41, 5.74) is 3.03. The van der Waals surface area contributed by atoms with E-state index in [1.165, 1.54) is 22.0 Å². The van der Waals surface area contributed by atoms with Gasteiger partial charge in [-0.25, -0.2) is 13.2 Å². The van der Waals surface area contributed by atoms with Crippen LogP contribution < -0.4 is 5.32 Å². The summed E-state index contributed by atoms with van der Waals surface area (Å²) in [6.45, 7) is 4.09. The first-order chi connectivity index (χ1) is 21.5. The van der Waals surface area contributed by atoms with Crippen LogP contribution in [0.4, 0.5) is 4.79 Å². The summed E-state index contributed by atoms with van der Waals surface area (Å²) in [7, 11) is -4.13. The number of aromatic nitrogens is 1. The molecule has 2 unspecified atom stereocenters. The third-order valence-electron chi connectivity index (χ3n) is 7.52. The summed E-state index contributed by atoms with van der Waals surface area (Å²) in [5, 5.41) is 34.0. The first kappa shape index (κ1) is 33.7. The number of hydrogen-bond acceptors (Lipinski definition) is 6. The van der Waals surface area contributed by atoms with Crippen LogP contribution in [0.25, 0.3) is 10.9 Å². The molecule has 1 amide bonds. The molecule has 0 radical (unpaired) electrons. The van der Waals surface area contributed by atoms with Gasteiger partial charge in [-0.2, -0.15) is 4.31 Å². The van der Waals surface area contributed by atoms with Gasteiger partial charge in [-0.15, -0.1) is 0 Å². The molecule has 1 heterocycles. The molecule has 2 atom stereocenters. The number of amides is 1. The van der Waals surface area contributed by atoms with Crippen molar-refractivity contribution >= 4 is 33.2 Å². The molecule has 45 heavy (non-hydrogen) atoms. The molecule has 240 valence electrons. The van der Waals surface area contributed by atoms with Gasteiger partial charge < -0.3 is 25.6 Å². The SMILES string of the molecule is CC(C)CN(CC(O)C(Cc1ccccc1)NC(=O)O)S(=O)(=O)c1ccc2[nH]c(O)c(C=NCCCCc3ccccc3)c2c1. The maximum absolute atomic E-state index is 14.0. The minimum atomic E-state index is -4.13. The summed E-state index contributed by atoms with van der Waals surface area (Å²) >= 11 is 0. The number of aryl methyl sites for hydroxylation is 1. The van der Waals surface area contributed by atoms with E-state index in [0.29, 0.717) is 23.0 Å². The van der Waals surface area contributed by atoms with Crippen molar-refractivity contribution in [3.05, 3.63) is 95.6 Å². The van der Waals surface area contributed by atoms with Crippen LogP contribution in [0, 0.1) is 5.92 Å². The highest BCUT2D eigenvalue weighted by Gasteiger charge is 2.31. The number of aliphatic hydroxyl groups is 1. The second-order valence-electron chi connectivity index (χ2n) is 11.6. The van der Waals surface area contributed by atoms with Gasteiger partial charge >= 0.3 is 6.09 Å². The molecule has 4 rings (SSSR count). The first-order valence-electron chi connectivity index (χ1n) is 15.1. The Balaban J connectivity index is 1.52. The fourth-order valence-corrected chi connectivity index (χ4v) is 6.92. The highest BCUT2D eigenvalue weighted by molar-refractivity contribution is 7.89. The van der Waals surface area contributed by atoms with E-state index in [1.54, 1.807) is 12.3 Å². The van der Waals surface area contributed by atoms with Crippen LogP contribution in [0.15, 0.2) is 88.8 Å². The van der Waals surface area contributed by atoms with E-state index in [2.05, 4.69) is 27.4 Å². The number of fused-ring (bicyclic) bond motifs is 1. The van der Waals surface area contributed by atoms with Crippen molar-refractivity contribution < 1.29 is 28.5 Å². The Kier molecular flexibility index (Phi) is 11.8. The maximum atomic E-state index is 14.0. The number of carbonyl (C=O) groups is 1. The van der Waals surface area contributed by atoms with Gasteiger partial charge in [0, 0.05) is 36.8 Å². The molecule has 0 fully saturated rings. The lowest BCUT2D eigenvalue weighted by Gasteiger charge is -2.30. The smallest absolute Gasteiger partial charge is 0.404 e. The largest absolute Gasteiger partial charge is 0.494 e. The van der Waals surface area contributed by atoms with Gasteiger partial charge in [-0.05, 0) is 60.9 Å². The number of benzene rings is 3. The summed E-state index contributed by atoms with van der Waals surface area (Å²) in [6, 6.07) is 22.9. The molecule has 0 saturated carbocycles. The van der Waals surface area contributed by atoms with Crippen molar-refractivity contribution in [1.29, 1.82) is 0 Å². The van der Waals surface area contributed by atoms with Crippen LogP contribution in [0.5, 0.6) is 5.88 Å². The second kappa shape index (κ2) is 15.7. The minimum absolute atomic E-state index is 0.00911. The summed E-state index contributed by atoms with van der Waals surface area (Å²) in [5.74, 6) is -0.179. The summed E-state index contributed by atoms with van der Waals surface area (Å²) < 4.78 is 29.2. The Labute approximate surface area is 264 Å². The molecule has 11 heteroatoms. The van der Waals surface area contributed by atoms with E-state index in [9.17, 15) is 28.5 Å². The van der Waals surface area contributed by atoms with Crippen molar-refractivity contribution in [1.82, 2.24) is 14.6 Å². The van der Waals surface area contributed by atoms with Crippen LogP contribution in [0.3, 0.4) is 0 Å². The van der Waals surface area contributed by atoms with Gasteiger partial charge in [-0.3, -0.25) is 4.99 Å². The minimum Gasteiger partial charge on any atom is -0.494 e. The molecular weight excluding hydrogens is 592 g/mol. The van der Waals surface area contributed by atoms with Gasteiger partial charge in [0.2, 0.25) is 10.0 Å². The lowest BCUT2D eigenvalue weighted by molar-refractivity contribution is 0.0980. The Morgan fingerprint density at radius 3 is 2.29 bits per heavy atom. The Morgan fingerprint density at radius 1 is 0.978 bits per heavy atom. The van der Waals surface area contributed by atoms with E-state index in [0.717, 1.165) is 24.8 Å². The van der Waals surface area contributed by atoms with Crippen molar-refractivity contribution in [2.75, 3.05) is 19.6 Å². The molecule has 0 saturated heterocycles. The Bertz CT molecular complexity index is 1670. The number of unbranched alkanes of at least 4 members (excludes halogenated alkanes) is 1. The van der Waals surface area contributed by atoms with Gasteiger partial charge in [0.15, 0.2) is 5.88 Å². The van der Waals surface area contributed by atoms with E-state index in [1.807, 2.05) is 62.4 Å². The van der Waals surface area contributed by atoms with E-state index >= 15 is 0 Å². The predicted molar refractivity (Wildman–Crippen MR) is 177 cm³/mol. The normalized spacial score (nSPS) is 13.5. The predicted octanol–water partition coefficient (Wildman–Crippen LogP) is 5.20. The molecule has 0 bridgehead atoms. The number of H-pyrrole nitrogens is 1. The highest BCUT2D eigenvalue weighted by Crippen LogP contribution is 2.29. The third-order valence-corrected chi connectivity index (χ3v) is 9.35. The van der Waals surface area contributed by atoms with Crippen LogP contribution in [-0.2, 0) is 22.9 Å². The lowest BCUT2D eigenvalue weighted by Crippen LogP contribution is -2.50. The zero-order chi connectivity index (χ0) is 32.4. The van der Waals surface area contributed by atoms with Crippen LogP contribution in [0.2, 0.25) is 0 Å². The molecule has 5 N–H and O–H groups in total. The van der Waals surface area contributed by atoms with Gasteiger partial charge in [0.25, 0.3) is 0 Å². The number of rotatable bonds is 16. The molecule has 3 aromatic carbocycles. The summed E-state index contributed by atoms with van der Waals surface area (Å²) in [4.78, 5) is 18.9. The fourth-order valence-electron chi connectivity index (χ4n) is 5.27. The molecule has 10 nitrogen and oxygen atoms in total. The van der Waals surface area contributed by atoms with Crippen LogP contribution >= 0.6 is 0 Å². The molecule has 0 spiro atoms. The van der Waals surface area contributed by atoms with Gasteiger partial charge in [0.05, 0.1) is 22.6 Å². The topological polar surface area (TPSA) is 155 Å². The number of hydrogen-bond donors (Lipinski definition) is 5. The quantitative estimate of drug-likeness (QED) is 0.0843. The van der Waals surface area contributed by atoms with E-state index < -0.39 is 28.3 Å².